The molecule has 0 bridgehead atoms. The molecule has 43 heavy (non-hydrogen) atoms. The zero-order valence-electron chi connectivity index (χ0n) is 24.5. The van der Waals surface area contributed by atoms with Gasteiger partial charge in [0.25, 0.3) is 11.2 Å². The van der Waals surface area contributed by atoms with E-state index in [4.69, 9.17) is 9.47 Å². The van der Waals surface area contributed by atoms with E-state index in [2.05, 4.69) is 29.8 Å². The van der Waals surface area contributed by atoms with Crippen LogP contribution in [0.25, 0.3) is 32.7 Å². The molecule has 0 spiro atoms. The van der Waals surface area contributed by atoms with Gasteiger partial charge in [-0.25, -0.2) is 9.36 Å². The van der Waals surface area contributed by atoms with Gasteiger partial charge in [0, 0.05) is 50.0 Å². The first-order chi connectivity index (χ1) is 20.6. The molecule has 0 saturated carbocycles. The number of ether oxygens (including phenoxy) is 2. The van der Waals surface area contributed by atoms with E-state index < -0.39 is 13.0 Å². The van der Waals surface area contributed by atoms with Crippen LogP contribution in [0.3, 0.4) is 0 Å². The van der Waals surface area contributed by atoms with Crippen LogP contribution >= 0.6 is 0 Å². The molecule has 11 nitrogen and oxygen atoms in total. The molecule has 0 aliphatic heterocycles. The number of nitrogens with zero attached hydrogens (tertiary/aromatic N) is 6. The van der Waals surface area contributed by atoms with Crippen molar-refractivity contribution in [2.45, 2.75) is 39.0 Å². The fourth-order valence-corrected chi connectivity index (χ4v) is 5.96. The molecule has 220 valence electrons. The molecule has 3 aromatic heterocycles. The average Bonchev–Trinajstić information content (AvgIpc) is 3.51. The number of nitro groups is 1. The lowest BCUT2D eigenvalue weighted by atomic mass is 10.1. The van der Waals surface area contributed by atoms with E-state index in [1.807, 2.05) is 52.8 Å². The first-order valence-corrected chi connectivity index (χ1v) is 17.7. The highest BCUT2D eigenvalue weighted by Gasteiger charge is 2.17. The summed E-state index contributed by atoms with van der Waals surface area (Å²) < 4.78 is 17.0. The van der Waals surface area contributed by atoms with Crippen LogP contribution in [-0.2, 0) is 25.1 Å². The number of non-ortho nitro benzene ring substituents is 1. The van der Waals surface area contributed by atoms with Crippen LogP contribution < -0.4 is 10.3 Å². The van der Waals surface area contributed by atoms with E-state index in [1.165, 1.54) is 16.8 Å². The Morgan fingerprint density at radius 3 is 2.42 bits per heavy atom. The second kappa shape index (κ2) is 11.1. The Bertz CT molecular complexity index is 2060. The van der Waals surface area contributed by atoms with Crippen LogP contribution in [0.1, 0.15) is 5.56 Å². The molecule has 6 rings (SSSR count). The quantitative estimate of drug-likeness (QED) is 0.0788. The van der Waals surface area contributed by atoms with Gasteiger partial charge in [-0.05, 0) is 35.9 Å². The number of fused-ring (bicyclic) bond motifs is 4. The Morgan fingerprint density at radius 1 is 0.884 bits per heavy atom. The summed E-state index contributed by atoms with van der Waals surface area (Å²) >= 11 is 0. The van der Waals surface area contributed by atoms with Crippen LogP contribution in [0, 0.1) is 10.1 Å². The number of rotatable bonds is 10. The molecule has 0 radical (unpaired) electrons. The van der Waals surface area contributed by atoms with Crippen LogP contribution in [0.5, 0.6) is 11.5 Å². The average molecular weight is 597 g/mol. The molecule has 0 fully saturated rings. The Kier molecular flexibility index (Phi) is 7.32. The third kappa shape index (κ3) is 5.66. The monoisotopic (exact) mass is 596 g/mol. The van der Waals surface area contributed by atoms with Crippen molar-refractivity contribution in [3.8, 4) is 11.5 Å². The predicted octanol–water partition coefficient (Wildman–Crippen LogP) is 6.30. The molecule has 6 aromatic rings. The third-order valence-electron chi connectivity index (χ3n) is 7.55. The molecule has 0 amide bonds. The number of aryl methyl sites for hydroxylation is 1. The summed E-state index contributed by atoms with van der Waals surface area (Å²) in [4.78, 5) is 24.4. The van der Waals surface area contributed by atoms with E-state index in [0.717, 1.165) is 38.8 Å². The second-order valence-electron chi connectivity index (χ2n) is 11.8. The first-order valence-electron chi connectivity index (χ1n) is 14.0. The zero-order valence-corrected chi connectivity index (χ0v) is 25.5. The van der Waals surface area contributed by atoms with Crippen LogP contribution in [0.4, 0.5) is 5.69 Å². The van der Waals surface area contributed by atoms with Gasteiger partial charge in [0.15, 0.2) is 0 Å². The maximum absolute atomic E-state index is 13.7. The van der Waals surface area contributed by atoms with Crippen molar-refractivity contribution in [3.63, 3.8) is 0 Å². The highest BCUT2D eigenvalue weighted by atomic mass is 28.3. The maximum atomic E-state index is 13.7. The van der Waals surface area contributed by atoms with Gasteiger partial charge in [0.05, 0.1) is 41.0 Å². The molecule has 3 heterocycles. The highest BCUT2D eigenvalue weighted by Crippen LogP contribution is 2.32. The molecule has 0 saturated heterocycles. The fourth-order valence-electron chi connectivity index (χ4n) is 5.20. The summed E-state index contributed by atoms with van der Waals surface area (Å²) in [5.74, 6) is 0.854. The molecule has 0 unspecified atom stereocenters. The van der Waals surface area contributed by atoms with E-state index in [1.54, 1.807) is 24.4 Å². The van der Waals surface area contributed by atoms with Gasteiger partial charge in [-0.3, -0.25) is 14.9 Å². The van der Waals surface area contributed by atoms with Crippen molar-refractivity contribution < 1.29 is 14.4 Å². The van der Waals surface area contributed by atoms with Crippen LogP contribution in [-0.4, -0.2) is 43.7 Å². The van der Waals surface area contributed by atoms with Gasteiger partial charge in [-0.1, -0.05) is 37.8 Å². The largest absolute Gasteiger partial charge is 0.457 e. The molecular weight excluding hydrogens is 564 g/mol. The van der Waals surface area contributed by atoms with Crippen LogP contribution in [0.2, 0.25) is 25.7 Å². The molecule has 0 N–H and O–H groups in total. The van der Waals surface area contributed by atoms with Crippen molar-refractivity contribution in [2.75, 3.05) is 6.61 Å². The summed E-state index contributed by atoms with van der Waals surface area (Å²) in [5, 5.41) is 22.8. The van der Waals surface area contributed by atoms with E-state index in [0.29, 0.717) is 30.4 Å². The topological polar surface area (TPSA) is 119 Å². The van der Waals surface area contributed by atoms with Gasteiger partial charge in [-0.2, -0.15) is 10.2 Å². The normalized spacial score (nSPS) is 12.0. The molecule has 0 aliphatic rings. The lowest BCUT2D eigenvalue weighted by Gasteiger charge is -2.15. The number of hydrogen-bond acceptors (Lipinski definition) is 7. The first kappa shape index (κ1) is 28.3. The van der Waals surface area contributed by atoms with E-state index in [-0.39, 0.29) is 17.8 Å². The summed E-state index contributed by atoms with van der Waals surface area (Å²) in [5.41, 5.74) is 2.93. The predicted molar refractivity (Wildman–Crippen MR) is 169 cm³/mol. The van der Waals surface area contributed by atoms with Gasteiger partial charge in [-0.15, -0.1) is 0 Å². The SMILES string of the molecule is Cn1c2cc(Oc3cccc([N+](=O)[O-])c3)ccc2c2cnn(Cc3cccc4c3cnn4COCC[Si](C)(C)C)c(=O)c21. The number of nitro benzene ring substituents is 1. The van der Waals surface area contributed by atoms with Crippen LogP contribution in [0.15, 0.2) is 77.9 Å². The number of aromatic nitrogens is 5. The molecule has 12 heteroatoms. The zero-order chi connectivity index (χ0) is 30.3. The summed E-state index contributed by atoms with van der Waals surface area (Å²) in [6.07, 6.45) is 3.53. The fraction of sp³-hybridized carbons (Fsp3) is 0.258. The van der Waals surface area contributed by atoms with Crippen molar-refractivity contribution in [2.24, 2.45) is 7.05 Å². The smallest absolute Gasteiger partial charge is 0.291 e. The molecule has 0 aliphatic carbocycles. The Hall–Kier alpha value is -4.81. The Labute approximate surface area is 248 Å². The molecule has 3 aromatic carbocycles. The van der Waals surface area contributed by atoms with Crippen molar-refractivity contribution in [3.05, 3.63) is 99.1 Å². The van der Waals surface area contributed by atoms with Gasteiger partial charge in [0.1, 0.15) is 23.7 Å². The van der Waals surface area contributed by atoms with Crippen molar-refractivity contribution >= 4 is 46.5 Å². The lowest BCUT2D eigenvalue weighted by Crippen LogP contribution is -2.24. The number of hydrogen-bond donors (Lipinski definition) is 0. The van der Waals surface area contributed by atoms with Crippen molar-refractivity contribution in [1.82, 2.24) is 24.1 Å². The Morgan fingerprint density at radius 2 is 1.63 bits per heavy atom. The van der Waals surface area contributed by atoms with Gasteiger partial charge < -0.3 is 14.0 Å². The lowest BCUT2D eigenvalue weighted by molar-refractivity contribution is -0.384. The number of benzene rings is 3. The molecule has 0 atom stereocenters. The Balaban J connectivity index is 1.28. The summed E-state index contributed by atoms with van der Waals surface area (Å²) in [6, 6.07) is 18.5. The standard InChI is InChI=1S/C31H32N6O5Si/c1-34-29-16-24(42-23-9-6-8-22(15-23)37(39)40)11-12-25(29)27-18-32-35(31(38)30(27)34)19-21-7-5-10-28-26(21)17-33-36(28)20-41-13-14-43(2,3)4/h5-12,15-18H,13-14,19-20H2,1-4H3. The van der Waals surface area contributed by atoms with Gasteiger partial charge >= 0.3 is 0 Å². The van der Waals surface area contributed by atoms with E-state index >= 15 is 0 Å². The maximum Gasteiger partial charge on any atom is 0.291 e. The van der Waals surface area contributed by atoms with Crippen molar-refractivity contribution in [1.29, 1.82) is 0 Å². The molecular formula is C31H32N6O5Si. The van der Waals surface area contributed by atoms with Gasteiger partial charge in [0.2, 0.25) is 0 Å². The third-order valence-corrected chi connectivity index (χ3v) is 9.25. The second-order valence-corrected chi connectivity index (χ2v) is 17.4. The van der Waals surface area contributed by atoms with E-state index in [9.17, 15) is 14.9 Å². The highest BCUT2D eigenvalue weighted by molar-refractivity contribution is 6.76. The minimum Gasteiger partial charge on any atom is -0.457 e. The minimum absolute atomic E-state index is 0.0522. The summed E-state index contributed by atoms with van der Waals surface area (Å²) in [6.45, 7) is 8.36. The minimum atomic E-state index is -1.17. The summed E-state index contributed by atoms with van der Waals surface area (Å²) in [7, 11) is 0.661.